The smallest absolute Gasteiger partial charge is 0.188 e. The van der Waals surface area contributed by atoms with E-state index in [0.717, 1.165) is 57.1 Å². The van der Waals surface area contributed by atoms with Gasteiger partial charge in [-0.15, -0.1) is 0 Å². The van der Waals surface area contributed by atoms with Gasteiger partial charge in [-0.25, -0.2) is 0 Å². The van der Waals surface area contributed by atoms with E-state index in [-0.39, 0.29) is 26.3 Å². The molecule has 0 aromatic heterocycles. The first-order valence-corrected chi connectivity index (χ1v) is 13.9. The Bertz CT molecular complexity index is 1430. The molecule has 0 heterocycles. The van der Waals surface area contributed by atoms with Crippen LogP contribution in [-0.4, -0.2) is 41.7 Å². The van der Waals surface area contributed by atoms with Crippen LogP contribution in [0.15, 0.2) is 78.9 Å². The van der Waals surface area contributed by atoms with E-state index < -0.39 is 0 Å². The van der Waals surface area contributed by atoms with Gasteiger partial charge in [-0.05, 0) is 58.4 Å². The van der Waals surface area contributed by atoms with E-state index >= 15 is 0 Å². The maximum atomic E-state index is 6.14. The monoisotopic (exact) mass is 556 g/mol. The lowest BCUT2D eigenvalue weighted by atomic mass is 9.78. The van der Waals surface area contributed by atoms with E-state index in [1.54, 1.807) is 21.3 Å². The Balaban J connectivity index is 2.16. The van der Waals surface area contributed by atoms with Crippen molar-refractivity contribution in [2.75, 3.05) is 41.7 Å². The van der Waals surface area contributed by atoms with E-state index in [2.05, 4.69) is 45.0 Å². The average Bonchev–Trinajstić information content (AvgIpc) is 3.01. The minimum Gasteiger partial charge on any atom is -0.467 e. The predicted octanol–water partition coefficient (Wildman–Crippen LogP) is 8.32. The lowest BCUT2D eigenvalue weighted by Crippen LogP contribution is -2.08. The number of ether oxygens (including phenoxy) is 6. The fourth-order valence-corrected chi connectivity index (χ4v) is 5.22. The molecule has 0 aliphatic rings. The van der Waals surface area contributed by atoms with Crippen LogP contribution < -0.4 is 14.2 Å². The van der Waals surface area contributed by atoms with Gasteiger partial charge in [0.05, 0.1) is 0 Å². The molecule has 0 bridgehead atoms. The van der Waals surface area contributed by atoms with Gasteiger partial charge in [0.1, 0.15) is 17.2 Å². The summed E-state index contributed by atoms with van der Waals surface area (Å²) in [6.45, 7) is 7.09. The van der Waals surface area contributed by atoms with Crippen LogP contribution in [-0.2, 0) is 20.6 Å². The second-order valence-corrected chi connectivity index (χ2v) is 9.90. The Labute approximate surface area is 243 Å². The number of hydrogen-bond acceptors (Lipinski definition) is 6. The van der Waals surface area contributed by atoms with Crippen molar-refractivity contribution < 1.29 is 28.4 Å². The molecule has 6 nitrogen and oxygen atoms in total. The lowest BCUT2D eigenvalue weighted by Gasteiger charge is -2.27. The largest absolute Gasteiger partial charge is 0.467 e. The highest BCUT2D eigenvalue weighted by atomic mass is 16.7. The van der Waals surface area contributed by atoms with Crippen LogP contribution in [0.3, 0.4) is 0 Å². The van der Waals surface area contributed by atoms with E-state index in [4.69, 9.17) is 28.4 Å². The van der Waals surface area contributed by atoms with Gasteiger partial charge < -0.3 is 28.4 Å². The van der Waals surface area contributed by atoms with Crippen molar-refractivity contribution in [1.82, 2.24) is 0 Å². The summed E-state index contributed by atoms with van der Waals surface area (Å²) in [4.78, 5) is 0. The molecule has 0 radical (unpaired) electrons. The Hall–Kier alpha value is -3.84. The molecule has 0 unspecified atom stereocenters. The third-order valence-electron chi connectivity index (χ3n) is 6.89. The van der Waals surface area contributed by atoms with Crippen LogP contribution in [0.25, 0.3) is 33.4 Å². The van der Waals surface area contributed by atoms with Crippen molar-refractivity contribution in [1.29, 1.82) is 0 Å². The molecular formula is C35H40O6. The summed E-state index contributed by atoms with van der Waals surface area (Å²) < 4.78 is 34.1. The Morgan fingerprint density at radius 3 is 1.39 bits per heavy atom. The molecule has 0 spiro atoms. The number of methoxy groups -OCH3 is 3. The summed E-state index contributed by atoms with van der Waals surface area (Å²) in [6, 6.07) is 26.7. The van der Waals surface area contributed by atoms with Gasteiger partial charge in [-0.1, -0.05) is 81.4 Å². The highest BCUT2D eigenvalue weighted by molar-refractivity contribution is 5.97. The van der Waals surface area contributed by atoms with Crippen molar-refractivity contribution in [3.63, 3.8) is 0 Å². The van der Waals surface area contributed by atoms with E-state index in [0.29, 0.717) is 0 Å². The molecule has 0 amide bonds. The van der Waals surface area contributed by atoms with Crippen LogP contribution in [0.5, 0.6) is 17.2 Å². The quantitative estimate of drug-likeness (QED) is 0.146. The molecule has 4 rings (SSSR count). The maximum absolute atomic E-state index is 6.14. The average molecular weight is 557 g/mol. The van der Waals surface area contributed by atoms with Crippen molar-refractivity contribution >= 4 is 0 Å². The summed E-state index contributed by atoms with van der Waals surface area (Å²) >= 11 is 0. The van der Waals surface area contributed by atoms with Gasteiger partial charge in [0.15, 0.2) is 20.4 Å². The molecule has 0 fully saturated rings. The molecule has 0 aliphatic carbocycles. The van der Waals surface area contributed by atoms with Gasteiger partial charge in [-0.2, -0.15) is 0 Å². The second-order valence-electron chi connectivity index (χ2n) is 9.90. The number of aryl methyl sites for hydroxylation is 1. The van der Waals surface area contributed by atoms with Gasteiger partial charge in [0.25, 0.3) is 0 Å². The molecule has 0 aliphatic heterocycles. The first-order chi connectivity index (χ1) is 20.0. The fraction of sp³-hybridized carbons (Fsp3) is 0.314. The summed E-state index contributed by atoms with van der Waals surface area (Å²) in [5, 5.41) is 0. The molecular weight excluding hydrogens is 516 g/mol. The molecule has 6 heteroatoms. The van der Waals surface area contributed by atoms with E-state index in [1.807, 2.05) is 54.6 Å². The number of para-hydroxylation sites is 3. The molecule has 4 aromatic rings. The molecule has 0 saturated carbocycles. The minimum absolute atomic E-state index is 0.144. The summed E-state index contributed by atoms with van der Waals surface area (Å²) in [5.41, 5.74) is 8.66. The standard InChI is InChI=1S/C35H40O6/c1-7-25-20-29(26-14-8-11-17-30(26)39-21-36-4)33(24(2)3)35(28-16-10-13-19-32(28)41-23-38-6)34(25)27-15-9-12-18-31(27)40-22-37-5/h8-20,24H,7,21-23H2,1-6H3. The Kier molecular flexibility index (Phi) is 10.8. The van der Waals surface area contributed by atoms with Crippen LogP contribution >= 0.6 is 0 Å². The second kappa shape index (κ2) is 14.7. The van der Waals surface area contributed by atoms with Crippen LogP contribution in [0.2, 0.25) is 0 Å². The Morgan fingerprint density at radius 2 is 0.951 bits per heavy atom. The molecule has 41 heavy (non-hydrogen) atoms. The van der Waals surface area contributed by atoms with Crippen molar-refractivity contribution in [3.8, 4) is 50.6 Å². The maximum Gasteiger partial charge on any atom is 0.188 e. The van der Waals surface area contributed by atoms with Gasteiger partial charge in [-0.3, -0.25) is 0 Å². The van der Waals surface area contributed by atoms with Crippen LogP contribution in [0, 0.1) is 0 Å². The first kappa shape index (κ1) is 30.1. The highest BCUT2D eigenvalue weighted by Crippen LogP contribution is 2.50. The van der Waals surface area contributed by atoms with Crippen LogP contribution in [0.4, 0.5) is 0 Å². The minimum atomic E-state index is 0.144. The van der Waals surface area contributed by atoms with Gasteiger partial charge in [0.2, 0.25) is 0 Å². The van der Waals surface area contributed by atoms with Gasteiger partial charge >= 0.3 is 0 Å². The Morgan fingerprint density at radius 1 is 0.537 bits per heavy atom. The predicted molar refractivity (Wildman–Crippen MR) is 164 cm³/mol. The zero-order chi connectivity index (χ0) is 29.2. The fourth-order valence-electron chi connectivity index (χ4n) is 5.22. The number of hydrogen-bond donors (Lipinski definition) is 0. The van der Waals surface area contributed by atoms with Crippen molar-refractivity contribution in [2.45, 2.75) is 33.1 Å². The molecule has 0 N–H and O–H groups in total. The molecule has 216 valence electrons. The summed E-state index contributed by atoms with van der Waals surface area (Å²) in [5.74, 6) is 2.43. The lowest BCUT2D eigenvalue weighted by molar-refractivity contribution is 0.0513. The SMILES string of the molecule is CCc1cc(-c2ccccc2OCOC)c(C(C)C)c(-c2ccccc2OCOC)c1-c1ccccc1OCOC. The van der Waals surface area contributed by atoms with Crippen LogP contribution in [0.1, 0.15) is 37.8 Å². The third kappa shape index (κ3) is 6.73. The summed E-state index contributed by atoms with van der Waals surface area (Å²) in [6.07, 6.45) is 0.800. The number of benzene rings is 4. The van der Waals surface area contributed by atoms with E-state index in [1.165, 1.54) is 11.1 Å². The number of rotatable bonds is 14. The van der Waals surface area contributed by atoms with Crippen molar-refractivity contribution in [3.05, 3.63) is 90.0 Å². The zero-order valence-electron chi connectivity index (χ0n) is 24.9. The molecule has 0 atom stereocenters. The summed E-state index contributed by atoms with van der Waals surface area (Å²) in [7, 11) is 4.89. The third-order valence-corrected chi connectivity index (χ3v) is 6.89. The first-order valence-electron chi connectivity index (χ1n) is 13.9. The highest BCUT2D eigenvalue weighted by Gasteiger charge is 2.27. The van der Waals surface area contributed by atoms with E-state index in [9.17, 15) is 0 Å². The van der Waals surface area contributed by atoms with Gasteiger partial charge in [0, 0.05) is 38.0 Å². The van der Waals surface area contributed by atoms with Crippen molar-refractivity contribution in [2.24, 2.45) is 0 Å². The zero-order valence-corrected chi connectivity index (χ0v) is 24.9. The topological polar surface area (TPSA) is 55.4 Å². The normalized spacial score (nSPS) is 11.1. The molecule has 0 saturated heterocycles. The molecule has 4 aromatic carbocycles.